The molecule has 1 saturated carbocycles. The molecule has 2 aliphatic rings. The highest BCUT2D eigenvalue weighted by molar-refractivity contribution is 5.93. The maximum Gasteiger partial charge on any atom is 0.341 e. The molecule has 0 atom stereocenters. The molecule has 0 unspecified atom stereocenters. The van der Waals surface area contributed by atoms with E-state index in [9.17, 15) is 24.3 Å². The number of hydroxylamine groups is 3. The van der Waals surface area contributed by atoms with Crippen LogP contribution >= 0.6 is 12.4 Å². The number of hydrogen-bond donors (Lipinski definition) is 1. The van der Waals surface area contributed by atoms with Crippen molar-refractivity contribution < 1.29 is 18.9 Å². The third-order valence-electron chi connectivity index (χ3n) is 5.74. The second-order valence-electron chi connectivity index (χ2n) is 7.44. The van der Waals surface area contributed by atoms with Crippen molar-refractivity contribution in [2.75, 3.05) is 37.6 Å². The van der Waals surface area contributed by atoms with Crippen LogP contribution < -0.4 is 10.3 Å². The number of halogens is 2. The van der Waals surface area contributed by atoms with Gasteiger partial charge in [0, 0.05) is 17.6 Å². The Labute approximate surface area is 167 Å². The fourth-order valence-corrected chi connectivity index (χ4v) is 3.79. The first kappa shape index (κ1) is 20.6. The maximum absolute atomic E-state index is 14.8. The van der Waals surface area contributed by atoms with Crippen molar-refractivity contribution >= 4 is 35.0 Å². The number of nitrogens with zero attached hydrogens (tertiary/aromatic N) is 3. The van der Waals surface area contributed by atoms with E-state index < -0.39 is 17.2 Å². The molecule has 1 aromatic heterocycles. The lowest BCUT2D eigenvalue weighted by Crippen LogP contribution is -2.56. The van der Waals surface area contributed by atoms with Crippen molar-refractivity contribution in [2.45, 2.75) is 25.8 Å². The van der Waals surface area contributed by atoms with Crippen molar-refractivity contribution in [3.8, 4) is 0 Å². The van der Waals surface area contributed by atoms with E-state index in [1.807, 2.05) is 11.8 Å². The van der Waals surface area contributed by atoms with Crippen LogP contribution in [0.2, 0.25) is 0 Å². The summed E-state index contributed by atoms with van der Waals surface area (Å²) in [6.45, 7) is 4.02. The minimum absolute atomic E-state index is 0. The molecular formula is C19H23ClFN3O4. The normalized spacial score (nSPS) is 18.8. The summed E-state index contributed by atoms with van der Waals surface area (Å²) in [6.07, 6.45) is 3.18. The van der Waals surface area contributed by atoms with Crippen LogP contribution in [-0.4, -0.2) is 53.0 Å². The van der Waals surface area contributed by atoms with Gasteiger partial charge in [0.05, 0.1) is 43.9 Å². The number of likely N-dealkylation sites (N-methyl/N-ethyl adjacent to an activating group) is 1. The largest absolute Gasteiger partial charge is 0.633 e. The first-order chi connectivity index (χ1) is 12.8. The summed E-state index contributed by atoms with van der Waals surface area (Å²) < 4.78 is 16.3. The number of quaternary nitrogens is 1. The fraction of sp³-hybridized carbons (Fsp3) is 0.474. The van der Waals surface area contributed by atoms with Gasteiger partial charge in [-0.3, -0.25) is 4.79 Å². The Morgan fingerprint density at radius 3 is 2.50 bits per heavy atom. The number of fused-ring (bicyclic) bond motifs is 1. The summed E-state index contributed by atoms with van der Waals surface area (Å²) in [4.78, 5) is 25.8. The second-order valence-corrected chi connectivity index (χ2v) is 7.44. The third kappa shape index (κ3) is 3.47. The lowest BCUT2D eigenvalue weighted by atomic mass is 10.1. The molecule has 1 N–H and O–H groups in total. The molecule has 2 fully saturated rings. The van der Waals surface area contributed by atoms with Crippen molar-refractivity contribution in [3.63, 3.8) is 0 Å². The molecule has 2 heterocycles. The molecule has 28 heavy (non-hydrogen) atoms. The molecule has 1 aliphatic carbocycles. The summed E-state index contributed by atoms with van der Waals surface area (Å²) >= 11 is 0. The number of rotatable bonds is 4. The van der Waals surface area contributed by atoms with Gasteiger partial charge in [0.1, 0.15) is 11.4 Å². The van der Waals surface area contributed by atoms with Crippen LogP contribution in [0.4, 0.5) is 10.1 Å². The smallest absolute Gasteiger partial charge is 0.341 e. The van der Waals surface area contributed by atoms with E-state index in [1.54, 1.807) is 10.6 Å². The summed E-state index contributed by atoms with van der Waals surface area (Å²) in [5.41, 5.74) is -0.0924. The van der Waals surface area contributed by atoms with Gasteiger partial charge in [0.15, 0.2) is 0 Å². The quantitative estimate of drug-likeness (QED) is 0.617. The number of carboxylic acid groups (broad SMARTS) is 1. The predicted octanol–water partition coefficient (Wildman–Crippen LogP) is 2.75. The van der Waals surface area contributed by atoms with Crippen LogP contribution in [0.3, 0.4) is 0 Å². The van der Waals surface area contributed by atoms with E-state index in [2.05, 4.69) is 0 Å². The Balaban J connectivity index is 0.00000225. The minimum atomic E-state index is -1.30. The van der Waals surface area contributed by atoms with Gasteiger partial charge in [-0.15, -0.1) is 12.4 Å². The van der Waals surface area contributed by atoms with E-state index >= 15 is 0 Å². The van der Waals surface area contributed by atoms with Crippen LogP contribution in [0.1, 0.15) is 36.2 Å². The van der Waals surface area contributed by atoms with E-state index in [-0.39, 0.29) is 34.0 Å². The Morgan fingerprint density at radius 2 is 1.96 bits per heavy atom. The van der Waals surface area contributed by atoms with Gasteiger partial charge < -0.3 is 24.4 Å². The molecule has 1 saturated heterocycles. The number of piperazine rings is 1. The first-order valence-corrected chi connectivity index (χ1v) is 9.27. The Morgan fingerprint density at radius 1 is 1.32 bits per heavy atom. The van der Waals surface area contributed by atoms with Crippen molar-refractivity contribution in [1.29, 1.82) is 0 Å². The zero-order valence-corrected chi connectivity index (χ0v) is 16.4. The molecule has 0 bridgehead atoms. The molecule has 0 radical (unpaired) electrons. The highest BCUT2D eigenvalue weighted by Gasteiger charge is 2.29. The molecule has 7 nitrogen and oxygen atoms in total. The number of carbonyl (C=O) groups is 1. The van der Waals surface area contributed by atoms with Crippen molar-refractivity contribution in [1.82, 2.24) is 4.57 Å². The van der Waals surface area contributed by atoms with Crippen molar-refractivity contribution in [3.05, 3.63) is 45.1 Å². The number of hydrogen-bond acceptors (Lipinski definition) is 4. The number of pyridine rings is 1. The standard InChI is InChI=1S/C19H22FN3O4.ClH/c1-2-23(27)7-5-21(6-8-23)17-10-16-13(9-15(17)20)18(24)14(19(25)26)11-22(16)12-3-4-12;/h9-12H,2-8H2,1H3,(H,25,26);1H. The van der Waals surface area contributed by atoms with Gasteiger partial charge in [0.2, 0.25) is 5.43 Å². The summed E-state index contributed by atoms with van der Waals surface area (Å²) in [7, 11) is 0. The van der Waals surface area contributed by atoms with E-state index in [0.717, 1.165) is 18.9 Å². The monoisotopic (exact) mass is 411 g/mol. The number of anilines is 1. The van der Waals surface area contributed by atoms with Gasteiger partial charge in [-0.2, -0.15) is 0 Å². The zero-order chi connectivity index (χ0) is 19.3. The van der Waals surface area contributed by atoms with Gasteiger partial charge in [-0.25, -0.2) is 9.18 Å². The number of aromatic nitrogens is 1. The Bertz CT molecular complexity index is 981. The molecule has 2 aromatic rings. The maximum atomic E-state index is 14.8. The van der Waals surface area contributed by atoms with Gasteiger partial charge in [-0.1, -0.05) is 0 Å². The Kier molecular flexibility index (Phi) is 5.40. The van der Waals surface area contributed by atoms with Crippen LogP contribution in [0, 0.1) is 11.0 Å². The van der Waals surface area contributed by atoms with Gasteiger partial charge in [0.25, 0.3) is 0 Å². The average Bonchev–Trinajstić information content (AvgIpc) is 3.48. The van der Waals surface area contributed by atoms with E-state index in [0.29, 0.717) is 43.9 Å². The molecule has 152 valence electrons. The second kappa shape index (κ2) is 7.35. The molecule has 0 amide bonds. The van der Waals surface area contributed by atoms with E-state index in [4.69, 9.17) is 0 Å². The summed E-state index contributed by atoms with van der Waals surface area (Å²) in [5.74, 6) is -1.87. The number of carboxylic acids is 1. The van der Waals surface area contributed by atoms with Gasteiger partial charge >= 0.3 is 5.97 Å². The average molecular weight is 412 g/mol. The topological polar surface area (TPSA) is 85.6 Å². The highest BCUT2D eigenvalue weighted by Crippen LogP contribution is 2.38. The zero-order valence-electron chi connectivity index (χ0n) is 15.6. The summed E-state index contributed by atoms with van der Waals surface area (Å²) in [5, 5.41) is 21.8. The predicted molar refractivity (Wildman–Crippen MR) is 107 cm³/mol. The SMILES string of the molecule is CC[N+]1([O-])CCN(c2cc3c(cc2F)c(=O)c(C(=O)O)cn3C2CC2)CC1.Cl. The minimum Gasteiger partial charge on any atom is -0.633 e. The molecule has 1 aliphatic heterocycles. The van der Waals surface area contributed by atoms with Crippen LogP contribution in [0.5, 0.6) is 0 Å². The first-order valence-electron chi connectivity index (χ1n) is 9.27. The van der Waals surface area contributed by atoms with E-state index in [1.165, 1.54) is 6.20 Å². The number of aromatic carboxylic acids is 1. The third-order valence-corrected chi connectivity index (χ3v) is 5.74. The Hall–Kier alpha value is -2.16. The van der Waals surface area contributed by atoms with Crippen LogP contribution in [0.25, 0.3) is 10.9 Å². The van der Waals surface area contributed by atoms with Crippen molar-refractivity contribution in [2.24, 2.45) is 0 Å². The summed E-state index contributed by atoms with van der Waals surface area (Å²) in [6, 6.07) is 2.91. The van der Waals surface area contributed by atoms with Crippen LogP contribution in [0.15, 0.2) is 23.1 Å². The molecule has 4 rings (SSSR count). The molecule has 1 aromatic carbocycles. The van der Waals surface area contributed by atoms with Gasteiger partial charge in [-0.05, 0) is 31.9 Å². The highest BCUT2D eigenvalue weighted by atomic mass is 35.5. The fourth-order valence-electron chi connectivity index (χ4n) is 3.79. The molecule has 9 heteroatoms. The lowest BCUT2D eigenvalue weighted by Gasteiger charge is -2.48. The number of benzene rings is 1. The molecule has 0 spiro atoms. The van der Waals surface area contributed by atoms with Crippen LogP contribution in [-0.2, 0) is 0 Å². The molecular weight excluding hydrogens is 389 g/mol. The lowest BCUT2D eigenvalue weighted by molar-refractivity contribution is -0.879.